The Hall–Kier alpha value is -2.72. The summed E-state index contributed by atoms with van der Waals surface area (Å²) in [6.07, 6.45) is 8.12. The van der Waals surface area contributed by atoms with Gasteiger partial charge in [-0.2, -0.15) is 0 Å². The highest BCUT2D eigenvalue weighted by atomic mass is 32.1. The van der Waals surface area contributed by atoms with E-state index in [1.54, 1.807) is 11.3 Å². The van der Waals surface area contributed by atoms with Crippen molar-refractivity contribution in [3.63, 3.8) is 0 Å². The first-order chi connectivity index (χ1) is 14.3. The van der Waals surface area contributed by atoms with Crippen molar-refractivity contribution in [2.75, 3.05) is 6.54 Å². The molecule has 1 saturated heterocycles. The van der Waals surface area contributed by atoms with Gasteiger partial charge in [-0.3, -0.25) is 4.79 Å². The van der Waals surface area contributed by atoms with E-state index in [4.69, 9.17) is 4.98 Å². The zero-order chi connectivity index (χ0) is 19.6. The van der Waals surface area contributed by atoms with Crippen molar-refractivity contribution in [2.24, 2.45) is 5.92 Å². The molecule has 0 radical (unpaired) electrons. The highest BCUT2D eigenvalue weighted by molar-refractivity contribution is 7.13. The zero-order valence-corrected chi connectivity index (χ0v) is 17.2. The molecule has 1 aliphatic heterocycles. The van der Waals surface area contributed by atoms with Crippen molar-refractivity contribution in [3.05, 3.63) is 77.4 Å². The first kappa shape index (κ1) is 18.3. The predicted molar refractivity (Wildman–Crippen MR) is 119 cm³/mol. The van der Waals surface area contributed by atoms with Crippen LogP contribution in [0.2, 0.25) is 0 Å². The SMILES string of the molecule is O=C(c1csc(-c2ccccc2-c2ccccc2)n1)N1CCCC2CCCC=C21. The van der Waals surface area contributed by atoms with Crippen LogP contribution in [0, 0.1) is 5.92 Å². The van der Waals surface area contributed by atoms with Crippen LogP contribution in [-0.2, 0) is 0 Å². The third-order valence-electron chi connectivity index (χ3n) is 5.99. The summed E-state index contributed by atoms with van der Waals surface area (Å²) in [7, 11) is 0. The molecule has 2 aliphatic rings. The summed E-state index contributed by atoms with van der Waals surface area (Å²) in [6, 6.07) is 18.6. The predicted octanol–water partition coefficient (Wildman–Crippen LogP) is 6.40. The molecule has 146 valence electrons. The first-order valence-electron chi connectivity index (χ1n) is 10.4. The van der Waals surface area contributed by atoms with Crippen molar-refractivity contribution >= 4 is 17.2 Å². The third kappa shape index (κ3) is 3.53. The number of hydrogen-bond donors (Lipinski definition) is 0. The van der Waals surface area contributed by atoms with Gasteiger partial charge in [-0.25, -0.2) is 4.98 Å². The van der Waals surface area contributed by atoms with Crippen LogP contribution in [0.15, 0.2) is 71.8 Å². The number of hydrogen-bond acceptors (Lipinski definition) is 3. The van der Waals surface area contributed by atoms with Crippen molar-refractivity contribution in [3.8, 4) is 21.7 Å². The summed E-state index contributed by atoms with van der Waals surface area (Å²) in [5.74, 6) is 0.612. The van der Waals surface area contributed by atoms with E-state index < -0.39 is 0 Å². The Bertz CT molecular complexity index is 1050. The minimum absolute atomic E-state index is 0.0579. The molecule has 0 N–H and O–H groups in total. The lowest BCUT2D eigenvalue weighted by Crippen LogP contribution is -2.39. The molecule has 1 fully saturated rings. The van der Waals surface area contributed by atoms with E-state index in [2.05, 4.69) is 36.4 Å². The summed E-state index contributed by atoms with van der Waals surface area (Å²) in [6.45, 7) is 0.814. The quantitative estimate of drug-likeness (QED) is 0.510. The molecule has 5 rings (SSSR count). The van der Waals surface area contributed by atoms with Crippen molar-refractivity contribution in [1.29, 1.82) is 0 Å². The third-order valence-corrected chi connectivity index (χ3v) is 6.86. The van der Waals surface area contributed by atoms with Gasteiger partial charge in [0.1, 0.15) is 10.7 Å². The van der Waals surface area contributed by atoms with Crippen molar-refractivity contribution in [1.82, 2.24) is 9.88 Å². The highest BCUT2D eigenvalue weighted by Gasteiger charge is 2.31. The fourth-order valence-electron chi connectivity index (χ4n) is 4.57. The van der Waals surface area contributed by atoms with E-state index in [-0.39, 0.29) is 5.91 Å². The number of aromatic nitrogens is 1. The van der Waals surface area contributed by atoms with Gasteiger partial charge in [0.05, 0.1) is 0 Å². The molecule has 29 heavy (non-hydrogen) atoms. The highest BCUT2D eigenvalue weighted by Crippen LogP contribution is 2.37. The molecule has 0 saturated carbocycles. The molecule has 0 bridgehead atoms. The molecule has 2 heterocycles. The molecule has 1 aliphatic carbocycles. The maximum atomic E-state index is 13.3. The van der Waals surface area contributed by atoms with Crippen LogP contribution in [0.1, 0.15) is 42.6 Å². The number of carbonyl (C=O) groups is 1. The Kier molecular flexibility index (Phi) is 5.03. The summed E-state index contributed by atoms with van der Waals surface area (Å²) < 4.78 is 0. The van der Waals surface area contributed by atoms with Gasteiger partial charge < -0.3 is 4.90 Å². The van der Waals surface area contributed by atoms with Crippen LogP contribution < -0.4 is 0 Å². The van der Waals surface area contributed by atoms with Crippen LogP contribution in [0.5, 0.6) is 0 Å². The summed E-state index contributed by atoms with van der Waals surface area (Å²) in [5, 5.41) is 2.82. The molecular weight excluding hydrogens is 376 g/mol. The number of fused-ring (bicyclic) bond motifs is 1. The maximum absolute atomic E-state index is 13.3. The van der Waals surface area contributed by atoms with Gasteiger partial charge in [0.25, 0.3) is 5.91 Å². The summed E-state index contributed by atoms with van der Waals surface area (Å²) in [5.41, 5.74) is 5.20. The second-order valence-corrected chi connectivity index (χ2v) is 8.66. The Morgan fingerprint density at radius 2 is 1.72 bits per heavy atom. The zero-order valence-electron chi connectivity index (χ0n) is 16.4. The van der Waals surface area contributed by atoms with E-state index in [1.165, 1.54) is 25.0 Å². The number of amides is 1. The molecule has 1 aromatic heterocycles. The topological polar surface area (TPSA) is 33.2 Å². The van der Waals surface area contributed by atoms with Gasteiger partial charge in [-0.1, -0.05) is 60.7 Å². The largest absolute Gasteiger partial charge is 0.311 e. The van der Waals surface area contributed by atoms with Crippen LogP contribution in [0.3, 0.4) is 0 Å². The van der Waals surface area contributed by atoms with E-state index in [1.807, 2.05) is 34.5 Å². The number of piperidine rings is 1. The number of thiazole rings is 1. The average Bonchev–Trinajstić information content (AvgIpc) is 3.29. The molecule has 3 nitrogen and oxygen atoms in total. The van der Waals surface area contributed by atoms with E-state index in [9.17, 15) is 4.79 Å². The first-order valence-corrected chi connectivity index (χ1v) is 11.3. The molecule has 1 atom stereocenters. The van der Waals surface area contributed by atoms with Gasteiger partial charge in [0.2, 0.25) is 0 Å². The second-order valence-electron chi connectivity index (χ2n) is 7.81. The normalized spacial score (nSPS) is 18.8. The lowest BCUT2D eigenvalue weighted by molar-refractivity contribution is 0.0744. The van der Waals surface area contributed by atoms with Crippen molar-refractivity contribution < 1.29 is 4.79 Å². The Morgan fingerprint density at radius 3 is 2.59 bits per heavy atom. The Labute approximate surface area is 175 Å². The smallest absolute Gasteiger partial charge is 0.277 e. The second kappa shape index (κ2) is 7.96. The van der Waals surface area contributed by atoms with E-state index in [0.717, 1.165) is 41.1 Å². The lowest BCUT2D eigenvalue weighted by Gasteiger charge is -2.37. The van der Waals surface area contributed by atoms with Crippen LogP contribution in [0.4, 0.5) is 0 Å². The molecule has 0 spiro atoms. The Balaban J connectivity index is 1.46. The number of nitrogens with zero attached hydrogens (tertiary/aromatic N) is 2. The van der Waals surface area contributed by atoms with E-state index in [0.29, 0.717) is 11.6 Å². The molecule has 1 amide bonds. The lowest BCUT2D eigenvalue weighted by atomic mass is 9.85. The molecule has 1 unspecified atom stereocenters. The minimum atomic E-state index is 0.0579. The summed E-state index contributed by atoms with van der Waals surface area (Å²) >= 11 is 1.56. The number of benzene rings is 2. The number of likely N-dealkylation sites (tertiary alicyclic amines) is 1. The van der Waals surface area contributed by atoms with E-state index >= 15 is 0 Å². The molecule has 3 aromatic rings. The van der Waals surface area contributed by atoms with Crippen LogP contribution in [0.25, 0.3) is 21.7 Å². The monoisotopic (exact) mass is 400 g/mol. The maximum Gasteiger partial charge on any atom is 0.277 e. The van der Waals surface area contributed by atoms with Gasteiger partial charge in [0, 0.05) is 23.2 Å². The van der Waals surface area contributed by atoms with Gasteiger partial charge in [-0.15, -0.1) is 11.3 Å². The van der Waals surface area contributed by atoms with Gasteiger partial charge in [-0.05, 0) is 49.1 Å². The van der Waals surface area contributed by atoms with Crippen LogP contribution in [-0.4, -0.2) is 22.3 Å². The number of allylic oxidation sites excluding steroid dienone is 2. The minimum Gasteiger partial charge on any atom is -0.311 e. The molecule has 4 heteroatoms. The average molecular weight is 401 g/mol. The van der Waals surface area contributed by atoms with Crippen molar-refractivity contribution in [2.45, 2.75) is 32.1 Å². The van der Waals surface area contributed by atoms with Crippen LogP contribution >= 0.6 is 11.3 Å². The standard InChI is InChI=1S/C25H24N2OS/c28-25(27-16-8-12-19-11-4-7-15-23(19)27)22-17-29-24(26-22)21-14-6-5-13-20(21)18-9-2-1-3-10-18/h1-3,5-6,9-10,13-15,17,19H,4,7-8,11-12,16H2. The molecular formula is C25H24N2OS. The summed E-state index contributed by atoms with van der Waals surface area (Å²) in [4.78, 5) is 20.1. The fourth-order valence-corrected chi connectivity index (χ4v) is 5.40. The van der Waals surface area contributed by atoms with Gasteiger partial charge >= 0.3 is 0 Å². The van der Waals surface area contributed by atoms with Gasteiger partial charge in [0.15, 0.2) is 0 Å². The Morgan fingerprint density at radius 1 is 0.966 bits per heavy atom. The number of rotatable bonds is 3. The molecule has 2 aromatic carbocycles. The number of carbonyl (C=O) groups excluding carboxylic acids is 1. The fraction of sp³-hybridized carbons (Fsp3) is 0.280.